The number of morpholine rings is 1. The third-order valence-corrected chi connectivity index (χ3v) is 18.5. The maximum atomic E-state index is 15.1. The second kappa shape index (κ2) is 15.1. The van der Waals surface area contributed by atoms with Crippen LogP contribution in [-0.4, -0.2) is 85.3 Å². The van der Waals surface area contributed by atoms with Crippen LogP contribution in [0.25, 0.3) is 0 Å². The van der Waals surface area contributed by atoms with Crippen molar-refractivity contribution in [2.24, 2.45) is 62.6 Å². The van der Waals surface area contributed by atoms with Crippen molar-refractivity contribution in [1.82, 2.24) is 15.1 Å². The summed E-state index contributed by atoms with van der Waals surface area (Å²) in [7, 11) is 0. The number of allylic oxidation sites excluding steroid dienone is 1. The fraction of sp³-hybridized carbons (Fsp3) is 0.913. The molecule has 0 aromatic heterocycles. The van der Waals surface area contributed by atoms with Crippen molar-refractivity contribution in [2.75, 3.05) is 52.5 Å². The van der Waals surface area contributed by atoms with E-state index in [4.69, 9.17) is 4.74 Å². The van der Waals surface area contributed by atoms with Gasteiger partial charge >= 0.3 is 0 Å². The van der Waals surface area contributed by atoms with E-state index in [1.165, 1.54) is 37.7 Å². The van der Waals surface area contributed by atoms with E-state index in [2.05, 4.69) is 63.2 Å². The molecule has 5 aliphatic carbocycles. The minimum absolute atomic E-state index is 0.0258. The SMILES string of the molecule is C=C(C)[C@@H]1CC[C@]2(C(=O)N3CCC(CCCC(=O)NCCCN4CCOCC4)CC3)CC[C@]3(C)[C@H](CC[C@@H]4[C@@]5(C)CC[C@H](O)C(C)(C)[C@@H]5CC[C@]43C)[C@@H]12. The van der Waals surface area contributed by atoms with E-state index in [1.54, 1.807) is 0 Å². The van der Waals surface area contributed by atoms with Gasteiger partial charge in [-0.3, -0.25) is 14.5 Å². The number of hydrogen-bond acceptors (Lipinski definition) is 5. The first-order valence-electron chi connectivity index (χ1n) is 22.4. The van der Waals surface area contributed by atoms with Crippen LogP contribution in [0.15, 0.2) is 12.2 Å². The number of ether oxygens (including phenoxy) is 1. The Morgan fingerprint density at radius 3 is 2.26 bits per heavy atom. The van der Waals surface area contributed by atoms with E-state index in [0.717, 1.165) is 117 Å². The summed E-state index contributed by atoms with van der Waals surface area (Å²) in [6.45, 7) is 26.7. The zero-order valence-corrected chi connectivity index (χ0v) is 34.8. The van der Waals surface area contributed by atoms with Gasteiger partial charge in [-0.2, -0.15) is 0 Å². The predicted octanol–water partition coefficient (Wildman–Crippen LogP) is 8.25. The molecule has 7 rings (SSSR count). The van der Waals surface area contributed by atoms with Crippen LogP contribution in [0.4, 0.5) is 0 Å². The normalized spacial score (nSPS) is 42.9. The number of rotatable bonds is 10. The van der Waals surface area contributed by atoms with Crippen LogP contribution in [0.2, 0.25) is 0 Å². The molecule has 0 aromatic rings. The number of aliphatic hydroxyl groups is 1. The summed E-state index contributed by atoms with van der Waals surface area (Å²) in [6, 6.07) is 0. The molecule has 7 aliphatic rings. The lowest BCUT2D eigenvalue weighted by Crippen LogP contribution is -2.67. The fourth-order valence-electron chi connectivity index (χ4n) is 15.2. The maximum absolute atomic E-state index is 15.1. The molecule has 0 radical (unpaired) electrons. The van der Waals surface area contributed by atoms with Crippen LogP contribution in [0.5, 0.6) is 0 Å². The number of carbonyl (C=O) groups is 2. The van der Waals surface area contributed by atoms with Crippen molar-refractivity contribution in [2.45, 2.75) is 150 Å². The topological polar surface area (TPSA) is 82.1 Å². The largest absolute Gasteiger partial charge is 0.393 e. The highest BCUT2D eigenvalue weighted by Gasteiger charge is 2.72. The molecule has 5 saturated carbocycles. The Morgan fingerprint density at radius 1 is 0.811 bits per heavy atom. The Labute approximate surface area is 323 Å². The molecule has 10 atom stereocenters. The van der Waals surface area contributed by atoms with Crippen molar-refractivity contribution in [3.8, 4) is 0 Å². The van der Waals surface area contributed by atoms with Gasteiger partial charge in [0.2, 0.25) is 11.8 Å². The zero-order valence-electron chi connectivity index (χ0n) is 34.8. The van der Waals surface area contributed by atoms with Crippen LogP contribution in [0.1, 0.15) is 144 Å². The molecule has 2 N–H and O–H groups in total. The Kier molecular flexibility index (Phi) is 11.4. The number of amides is 2. The Hall–Kier alpha value is -1.44. The Balaban J connectivity index is 0.967. The van der Waals surface area contributed by atoms with E-state index in [9.17, 15) is 9.90 Å². The summed E-state index contributed by atoms with van der Waals surface area (Å²) in [5.41, 5.74) is 1.80. The van der Waals surface area contributed by atoms with Crippen molar-refractivity contribution in [3.63, 3.8) is 0 Å². The van der Waals surface area contributed by atoms with Crippen molar-refractivity contribution in [1.29, 1.82) is 0 Å². The number of likely N-dealkylation sites (tertiary alicyclic amines) is 1. The van der Waals surface area contributed by atoms with Crippen molar-refractivity contribution >= 4 is 11.8 Å². The molecule has 300 valence electrons. The highest BCUT2D eigenvalue weighted by Crippen LogP contribution is 2.77. The lowest BCUT2D eigenvalue weighted by molar-refractivity contribution is -0.247. The zero-order chi connectivity index (χ0) is 37.8. The first kappa shape index (κ1) is 39.8. The molecule has 7 nitrogen and oxygen atoms in total. The van der Waals surface area contributed by atoms with Crippen LogP contribution < -0.4 is 5.32 Å². The van der Waals surface area contributed by atoms with Gasteiger partial charge in [-0.1, -0.05) is 46.8 Å². The maximum Gasteiger partial charge on any atom is 0.229 e. The summed E-state index contributed by atoms with van der Waals surface area (Å²) in [5.74, 6) is 3.96. The van der Waals surface area contributed by atoms with Gasteiger partial charge in [0.25, 0.3) is 0 Å². The molecule has 7 heteroatoms. The van der Waals surface area contributed by atoms with E-state index < -0.39 is 0 Å². The van der Waals surface area contributed by atoms with Crippen LogP contribution in [-0.2, 0) is 14.3 Å². The second-order valence-electron chi connectivity index (χ2n) is 21.0. The van der Waals surface area contributed by atoms with Gasteiger partial charge in [-0.05, 0) is 167 Å². The van der Waals surface area contributed by atoms with Crippen molar-refractivity contribution in [3.05, 3.63) is 12.2 Å². The molecule has 7 fully saturated rings. The molecule has 2 amide bonds. The monoisotopic (exact) mass is 736 g/mol. The number of fused-ring (bicyclic) bond motifs is 7. The average Bonchev–Trinajstić information content (AvgIpc) is 3.54. The van der Waals surface area contributed by atoms with Gasteiger partial charge in [-0.15, -0.1) is 0 Å². The lowest BCUT2D eigenvalue weighted by atomic mass is 9.32. The third kappa shape index (κ3) is 6.78. The molecule has 2 heterocycles. The average molecular weight is 736 g/mol. The molecular formula is C46H77N3O4. The van der Waals surface area contributed by atoms with Gasteiger partial charge in [0.05, 0.1) is 24.7 Å². The molecule has 0 unspecified atom stereocenters. The van der Waals surface area contributed by atoms with E-state index in [1.807, 2.05) is 0 Å². The molecule has 53 heavy (non-hydrogen) atoms. The lowest BCUT2D eigenvalue weighted by Gasteiger charge is -2.73. The number of nitrogens with one attached hydrogen (secondary N) is 1. The summed E-state index contributed by atoms with van der Waals surface area (Å²) in [6.07, 6.45) is 17.1. The van der Waals surface area contributed by atoms with E-state index in [0.29, 0.717) is 47.8 Å². The highest BCUT2D eigenvalue weighted by molar-refractivity contribution is 5.84. The van der Waals surface area contributed by atoms with E-state index in [-0.39, 0.29) is 39.1 Å². The molecular weight excluding hydrogens is 659 g/mol. The van der Waals surface area contributed by atoms with Crippen LogP contribution in [0.3, 0.4) is 0 Å². The van der Waals surface area contributed by atoms with Crippen LogP contribution >= 0.6 is 0 Å². The minimum Gasteiger partial charge on any atom is -0.393 e. The quantitative estimate of drug-likeness (QED) is 0.175. The Morgan fingerprint density at radius 2 is 1.55 bits per heavy atom. The fourth-order valence-corrected chi connectivity index (χ4v) is 15.2. The Bertz CT molecular complexity index is 1350. The molecule has 0 spiro atoms. The summed E-state index contributed by atoms with van der Waals surface area (Å²) in [4.78, 5) is 32.3. The van der Waals surface area contributed by atoms with Crippen molar-refractivity contribution < 1.29 is 19.4 Å². The molecule has 2 aliphatic heterocycles. The first-order chi connectivity index (χ1) is 25.2. The molecule has 0 bridgehead atoms. The van der Waals surface area contributed by atoms with Gasteiger partial charge in [0.1, 0.15) is 0 Å². The predicted molar refractivity (Wildman–Crippen MR) is 213 cm³/mol. The number of hydrogen-bond donors (Lipinski definition) is 2. The number of carbonyl (C=O) groups excluding carboxylic acids is 2. The number of aliphatic hydroxyl groups excluding tert-OH is 1. The number of piperidine rings is 1. The smallest absolute Gasteiger partial charge is 0.229 e. The third-order valence-electron chi connectivity index (χ3n) is 18.5. The second-order valence-corrected chi connectivity index (χ2v) is 21.0. The molecule has 2 saturated heterocycles. The summed E-state index contributed by atoms with van der Waals surface area (Å²) in [5, 5.41) is 14.3. The summed E-state index contributed by atoms with van der Waals surface area (Å²) >= 11 is 0. The number of nitrogens with zero attached hydrogens (tertiary/aromatic N) is 2. The summed E-state index contributed by atoms with van der Waals surface area (Å²) < 4.78 is 5.43. The van der Waals surface area contributed by atoms with Crippen LogP contribution in [0, 0.1) is 62.6 Å². The standard InChI is InChI=1S/C46H77N3O4/c1-32(2)34-14-21-46(41(52)49-26-17-33(18-27-49)10-8-11-39(51)47-24-9-25-48-28-30-53-31-29-48)23-22-44(6)35(40(34)46)12-13-37-43(5)19-16-38(50)42(3,4)36(43)15-20-45(37,44)7/h33-38,40,50H,1,8-31H2,2-7H3,(H,47,51)/t34-,35+,36-,37+,38-,40+,43-,44+,45+,46-/m0/s1. The van der Waals surface area contributed by atoms with Gasteiger partial charge < -0.3 is 20.1 Å². The molecule has 0 aromatic carbocycles. The van der Waals surface area contributed by atoms with Gasteiger partial charge in [0.15, 0.2) is 0 Å². The van der Waals surface area contributed by atoms with Gasteiger partial charge in [0, 0.05) is 39.1 Å². The van der Waals surface area contributed by atoms with E-state index >= 15 is 4.79 Å². The highest BCUT2D eigenvalue weighted by atomic mass is 16.5. The first-order valence-corrected chi connectivity index (χ1v) is 22.4. The minimum atomic E-state index is -0.234. The van der Waals surface area contributed by atoms with Gasteiger partial charge in [-0.25, -0.2) is 0 Å².